The van der Waals surface area contributed by atoms with Crippen molar-refractivity contribution in [1.82, 2.24) is 25.0 Å². The highest BCUT2D eigenvalue weighted by Gasteiger charge is 2.25. The van der Waals surface area contributed by atoms with E-state index in [-0.39, 0.29) is 17.9 Å². The van der Waals surface area contributed by atoms with E-state index in [0.29, 0.717) is 6.54 Å². The largest absolute Gasteiger partial charge is 0.345 e. The average molecular weight is 313 g/mol. The third kappa shape index (κ3) is 3.42. The molecular formula is C17H23N5O. The summed E-state index contributed by atoms with van der Waals surface area (Å²) in [6, 6.07) is 8.23. The molecule has 122 valence electrons. The van der Waals surface area contributed by atoms with Crippen LogP contribution in [0.25, 0.3) is 0 Å². The number of aryl methyl sites for hydroxylation is 1. The average Bonchev–Trinajstić information content (AvgIpc) is 3.09. The van der Waals surface area contributed by atoms with Crippen LogP contribution in [0.4, 0.5) is 0 Å². The van der Waals surface area contributed by atoms with E-state index >= 15 is 0 Å². The SMILES string of the molecule is CC(C)[C@H](NC(=O)CN1Cc2ccccc2C1)c1ncnn1C. The molecule has 0 saturated carbocycles. The van der Waals surface area contributed by atoms with Crippen molar-refractivity contribution in [2.45, 2.75) is 33.0 Å². The second-order valence-corrected chi connectivity index (χ2v) is 6.44. The van der Waals surface area contributed by atoms with E-state index in [9.17, 15) is 4.79 Å². The maximum absolute atomic E-state index is 12.5. The van der Waals surface area contributed by atoms with Gasteiger partial charge >= 0.3 is 0 Å². The summed E-state index contributed by atoms with van der Waals surface area (Å²) in [5, 5.41) is 7.21. The van der Waals surface area contributed by atoms with Crippen LogP contribution in [0.3, 0.4) is 0 Å². The van der Waals surface area contributed by atoms with Crippen molar-refractivity contribution in [2.75, 3.05) is 6.54 Å². The number of rotatable bonds is 5. The monoisotopic (exact) mass is 313 g/mol. The highest BCUT2D eigenvalue weighted by Crippen LogP contribution is 2.22. The summed E-state index contributed by atoms with van der Waals surface area (Å²) in [6.07, 6.45) is 1.52. The summed E-state index contributed by atoms with van der Waals surface area (Å²) in [6.45, 7) is 6.21. The smallest absolute Gasteiger partial charge is 0.234 e. The summed E-state index contributed by atoms with van der Waals surface area (Å²) in [4.78, 5) is 18.9. The maximum atomic E-state index is 12.5. The number of amides is 1. The molecule has 0 radical (unpaired) electrons. The molecule has 1 N–H and O–H groups in total. The molecule has 0 aliphatic carbocycles. The summed E-state index contributed by atoms with van der Waals surface area (Å²) in [5.74, 6) is 1.06. The topological polar surface area (TPSA) is 63.1 Å². The van der Waals surface area contributed by atoms with Gasteiger partial charge in [0.25, 0.3) is 0 Å². The first kappa shape index (κ1) is 15.7. The van der Waals surface area contributed by atoms with E-state index in [2.05, 4.69) is 46.3 Å². The minimum atomic E-state index is -0.125. The lowest BCUT2D eigenvalue weighted by Gasteiger charge is -2.23. The minimum Gasteiger partial charge on any atom is -0.345 e. The Hall–Kier alpha value is -2.21. The highest BCUT2D eigenvalue weighted by atomic mass is 16.2. The Morgan fingerprint density at radius 2 is 1.91 bits per heavy atom. The van der Waals surface area contributed by atoms with E-state index in [1.54, 1.807) is 4.68 Å². The number of carbonyl (C=O) groups excluding carboxylic acids is 1. The van der Waals surface area contributed by atoms with Gasteiger partial charge in [-0.1, -0.05) is 38.1 Å². The molecule has 1 aliphatic heterocycles. The zero-order valence-corrected chi connectivity index (χ0v) is 13.9. The second-order valence-electron chi connectivity index (χ2n) is 6.44. The fourth-order valence-corrected chi connectivity index (χ4v) is 3.05. The number of hydrogen-bond acceptors (Lipinski definition) is 4. The molecule has 23 heavy (non-hydrogen) atoms. The van der Waals surface area contributed by atoms with E-state index in [1.165, 1.54) is 17.5 Å². The van der Waals surface area contributed by atoms with Crippen molar-refractivity contribution in [3.05, 3.63) is 47.5 Å². The lowest BCUT2D eigenvalue weighted by Crippen LogP contribution is -2.39. The van der Waals surface area contributed by atoms with E-state index in [1.807, 2.05) is 19.2 Å². The van der Waals surface area contributed by atoms with Crippen LogP contribution in [0.5, 0.6) is 0 Å². The molecule has 0 spiro atoms. The summed E-state index contributed by atoms with van der Waals surface area (Å²) < 4.78 is 1.72. The predicted octanol–water partition coefficient (Wildman–Crippen LogP) is 1.64. The first-order valence-electron chi connectivity index (χ1n) is 7.97. The van der Waals surface area contributed by atoms with E-state index in [0.717, 1.165) is 18.9 Å². The van der Waals surface area contributed by atoms with Gasteiger partial charge in [0.2, 0.25) is 5.91 Å². The highest BCUT2D eigenvalue weighted by molar-refractivity contribution is 5.78. The Morgan fingerprint density at radius 3 is 2.43 bits per heavy atom. The number of benzene rings is 1. The van der Waals surface area contributed by atoms with Crippen LogP contribution in [0, 0.1) is 5.92 Å². The van der Waals surface area contributed by atoms with Crippen LogP contribution in [0.1, 0.15) is 36.8 Å². The second kappa shape index (κ2) is 6.50. The predicted molar refractivity (Wildman–Crippen MR) is 87.3 cm³/mol. The van der Waals surface area contributed by atoms with Crippen molar-refractivity contribution >= 4 is 5.91 Å². The summed E-state index contributed by atoms with van der Waals surface area (Å²) >= 11 is 0. The van der Waals surface area contributed by atoms with Crippen molar-refractivity contribution in [2.24, 2.45) is 13.0 Å². The zero-order chi connectivity index (χ0) is 16.4. The van der Waals surface area contributed by atoms with Gasteiger partial charge in [-0.3, -0.25) is 14.4 Å². The van der Waals surface area contributed by atoms with Crippen molar-refractivity contribution in [3.8, 4) is 0 Å². The Bertz CT molecular complexity index is 669. The number of carbonyl (C=O) groups is 1. The Morgan fingerprint density at radius 1 is 1.26 bits per heavy atom. The first-order valence-corrected chi connectivity index (χ1v) is 7.97. The van der Waals surface area contributed by atoms with Gasteiger partial charge in [0, 0.05) is 20.1 Å². The molecule has 0 bridgehead atoms. The lowest BCUT2D eigenvalue weighted by atomic mass is 10.0. The standard InChI is InChI=1S/C17H23N5O/c1-12(2)16(17-18-11-19-21(17)3)20-15(23)10-22-8-13-6-4-5-7-14(13)9-22/h4-7,11-12,16H,8-10H2,1-3H3,(H,20,23)/t16-/m0/s1. The number of fused-ring (bicyclic) bond motifs is 1. The maximum Gasteiger partial charge on any atom is 0.234 e. The van der Waals surface area contributed by atoms with Gasteiger partial charge < -0.3 is 5.32 Å². The molecule has 6 heteroatoms. The molecule has 6 nitrogen and oxygen atoms in total. The van der Waals surface area contributed by atoms with Crippen LogP contribution in [0.2, 0.25) is 0 Å². The molecule has 0 unspecified atom stereocenters. The van der Waals surface area contributed by atoms with Gasteiger partial charge in [0.1, 0.15) is 12.2 Å². The molecule has 2 heterocycles. The Balaban J connectivity index is 1.62. The van der Waals surface area contributed by atoms with Gasteiger partial charge in [0.15, 0.2) is 0 Å². The fraction of sp³-hybridized carbons (Fsp3) is 0.471. The first-order chi connectivity index (χ1) is 11.0. The van der Waals surface area contributed by atoms with E-state index < -0.39 is 0 Å². The van der Waals surface area contributed by atoms with Gasteiger partial charge in [-0.2, -0.15) is 5.10 Å². The third-order valence-electron chi connectivity index (χ3n) is 4.28. The number of nitrogens with zero attached hydrogens (tertiary/aromatic N) is 4. The summed E-state index contributed by atoms with van der Waals surface area (Å²) in [5.41, 5.74) is 2.63. The normalized spacial score (nSPS) is 15.7. The number of aromatic nitrogens is 3. The number of nitrogens with one attached hydrogen (secondary N) is 1. The number of hydrogen-bond donors (Lipinski definition) is 1. The van der Waals surface area contributed by atoms with Crippen LogP contribution in [-0.2, 0) is 24.9 Å². The van der Waals surface area contributed by atoms with Crippen molar-refractivity contribution in [1.29, 1.82) is 0 Å². The van der Waals surface area contributed by atoms with Crippen LogP contribution in [-0.4, -0.2) is 32.1 Å². The molecule has 0 fully saturated rings. The van der Waals surface area contributed by atoms with Crippen molar-refractivity contribution in [3.63, 3.8) is 0 Å². The van der Waals surface area contributed by atoms with E-state index in [4.69, 9.17) is 0 Å². The minimum absolute atomic E-state index is 0.0273. The van der Waals surface area contributed by atoms with Crippen molar-refractivity contribution < 1.29 is 4.79 Å². The lowest BCUT2D eigenvalue weighted by molar-refractivity contribution is -0.123. The van der Waals surface area contributed by atoms with Gasteiger partial charge in [-0.25, -0.2) is 4.98 Å². The molecule has 3 rings (SSSR count). The molecule has 1 aromatic heterocycles. The molecule has 1 aromatic carbocycles. The zero-order valence-electron chi connectivity index (χ0n) is 13.9. The third-order valence-corrected chi connectivity index (χ3v) is 4.28. The van der Waals surface area contributed by atoms with Crippen LogP contribution in [0.15, 0.2) is 30.6 Å². The molecular weight excluding hydrogens is 290 g/mol. The molecule has 1 aliphatic rings. The Kier molecular flexibility index (Phi) is 4.43. The van der Waals surface area contributed by atoms with Crippen LogP contribution >= 0.6 is 0 Å². The molecule has 2 aromatic rings. The Labute approximate surface area is 136 Å². The molecule has 1 atom stereocenters. The molecule has 1 amide bonds. The fourth-order valence-electron chi connectivity index (χ4n) is 3.05. The van der Waals surface area contributed by atoms with Crippen LogP contribution < -0.4 is 5.32 Å². The quantitative estimate of drug-likeness (QED) is 0.911. The van der Waals surface area contributed by atoms with Gasteiger partial charge in [0.05, 0.1) is 12.6 Å². The molecule has 0 saturated heterocycles. The summed E-state index contributed by atoms with van der Waals surface area (Å²) in [7, 11) is 1.85. The van der Waals surface area contributed by atoms with Gasteiger partial charge in [-0.15, -0.1) is 0 Å². The van der Waals surface area contributed by atoms with Gasteiger partial charge in [-0.05, 0) is 17.0 Å².